The molecule has 0 rings (SSSR count). The van der Waals surface area contributed by atoms with E-state index in [9.17, 15) is 25.2 Å². The third kappa shape index (κ3) is 29.2. The van der Waals surface area contributed by atoms with Gasteiger partial charge in [0.2, 0.25) is 5.91 Å². The van der Waals surface area contributed by atoms with Crippen LogP contribution in [0.3, 0.4) is 0 Å². The average Bonchev–Trinajstić information content (AvgIpc) is 3.04. The van der Waals surface area contributed by atoms with Gasteiger partial charge in [-0.3, -0.25) is 4.79 Å². The fourth-order valence-corrected chi connectivity index (χ4v) is 6.34. The van der Waals surface area contributed by atoms with Crippen LogP contribution in [0.2, 0.25) is 0 Å². The van der Waals surface area contributed by atoms with E-state index in [1.807, 2.05) is 0 Å². The zero-order valence-corrected chi connectivity index (χ0v) is 30.1. The van der Waals surface area contributed by atoms with E-state index in [4.69, 9.17) is 0 Å². The highest BCUT2D eigenvalue weighted by Gasteiger charge is 2.28. The molecule has 0 aromatic carbocycles. The largest absolute Gasteiger partial charge is 0.394 e. The smallest absolute Gasteiger partial charge is 0.249 e. The molecule has 0 unspecified atom stereocenters. The summed E-state index contributed by atoms with van der Waals surface area (Å²) >= 11 is 0. The Balaban J connectivity index is 3.70. The molecule has 0 heterocycles. The predicted molar refractivity (Wildman–Crippen MR) is 192 cm³/mol. The molecule has 0 aliphatic heterocycles. The van der Waals surface area contributed by atoms with Crippen molar-refractivity contribution in [2.24, 2.45) is 0 Å². The van der Waals surface area contributed by atoms with E-state index in [1.165, 1.54) is 148 Å². The molecule has 0 spiro atoms. The molecule has 0 saturated carbocycles. The topological polar surface area (TPSA) is 110 Å². The molecule has 0 aliphatic rings. The lowest BCUT2D eigenvalue weighted by atomic mass is 9.99. The molecule has 0 radical (unpaired) electrons. The normalized spacial score (nSPS) is 14.4. The number of hydrogen-bond donors (Lipinski definition) is 5. The maximum Gasteiger partial charge on any atom is 0.249 e. The SMILES string of the molecule is CCCCCCCCCCCCCCCCCCCCC[C@@H](O)C(=O)N[C@H](CO)[C@H](O)[C@H](O)CCCCCCCCCCCC. The van der Waals surface area contributed by atoms with Gasteiger partial charge in [0.05, 0.1) is 18.8 Å². The molecule has 0 bridgehead atoms. The number of aliphatic hydroxyl groups is 4. The third-order valence-electron chi connectivity index (χ3n) is 9.57. The van der Waals surface area contributed by atoms with Gasteiger partial charge in [0.1, 0.15) is 12.2 Å². The zero-order valence-electron chi connectivity index (χ0n) is 30.1. The van der Waals surface area contributed by atoms with Crippen molar-refractivity contribution < 1.29 is 25.2 Å². The Morgan fingerprint density at radius 3 is 1.07 bits per heavy atom. The van der Waals surface area contributed by atoms with Crippen molar-refractivity contribution in [1.29, 1.82) is 0 Å². The number of rotatable bonds is 36. The highest BCUT2D eigenvalue weighted by atomic mass is 16.3. The van der Waals surface area contributed by atoms with Crippen LogP contribution in [0.25, 0.3) is 0 Å². The minimum Gasteiger partial charge on any atom is -0.394 e. The van der Waals surface area contributed by atoms with Crippen LogP contribution in [0.5, 0.6) is 0 Å². The quantitative estimate of drug-likeness (QED) is 0.0438. The van der Waals surface area contributed by atoms with Crippen molar-refractivity contribution in [3.05, 3.63) is 0 Å². The van der Waals surface area contributed by atoms with Crippen molar-refractivity contribution in [3.8, 4) is 0 Å². The fraction of sp³-hybridized carbons (Fsp3) is 0.974. The second-order valence-corrected chi connectivity index (χ2v) is 14.0. The van der Waals surface area contributed by atoms with E-state index in [0.29, 0.717) is 12.8 Å². The van der Waals surface area contributed by atoms with Gasteiger partial charge in [-0.25, -0.2) is 0 Å². The molecule has 4 atom stereocenters. The first-order valence-corrected chi connectivity index (χ1v) is 19.9. The van der Waals surface area contributed by atoms with Gasteiger partial charge in [-0.15, -0.1) is 0 Å². The van der Waals surface area contributed by atoms with Crippen LogP contribution in [-0.4, -0.2) is 57.3 Å². The maximum atomic E-state index is 12.4. The van der Waals surface area contributed by atoms with E-state index in [1.54, 1.807) is 0 Å². The first-order chi connectivity index (χ1) is 22.0. The lowest BCUT2D eigenvalue weighted by molar-refractivity contribution is -0.132. The Hall–Kier alpha value is -0.690. The highest BCUT2D eigenvalue weighted by molar-refractivity contribution is 5.80. The maximum absolute atomic E-state index is 12.4. The van der Waals surface area contributed by atoms with Crippen LogP contribution < -0.4 is 5.32 Å². The Kier molecular flexibility index (Phi) is 34.1. The zero-order chi connectivity index (χ0) is 33.2. The van der Waals surface area contributed by atoms with E-state index in [2.05, 4.69) is 19.2 Å². The third-order valence-corrected chi connectivity index (χ3v) is 9.57. The molecule has 6 nitrogen and oxygen atoms in total. The molecule has 5 N–H and O–H groups in total. The van der Waals surface area contributed by atoms with Gasteiger partial charge in [0.25, 0.3) is 0 Å². The van der Waals surface area contributed by atoms with Crippen LogP contribution >= 0.6 is 0 Å². The lowest BCUT2D eigenvalue weighted by Crippen LogP contribution is -2.53. The Bertz CT molecular complexity index is 604. The number of unbranched alkanes of at least 4 members (excludes halogenated alkanes) is 27. The summed E-state index contributed by atoms with van der Waals surface area (Å²) in [6, 6.07) is -0.977. The van der Waals surface area contributed by atoms with Crippen LogP contribution in [0.1, 0.15) is 213 Å². The average molecular weight is 642 g/mol. The number of amides is 1. The van der Waals surface area contributed by atoms with Gasteiger partial charge in [-0.1, -0.05) is 200 Å². The number of carbonyl (C=O) groups excluding carboxylic acids is 1. The van der Waals surface area contributed by atoms with Crippen molar-refractivity contribution in [2.75, 3.05) is 6.61 Å². The van der Waals surface area contributed by atoms with Gasteiger partial charge >= 0.3 is 0 Å². The standard InChI is InChI=1S/C39H79NO5/c1-3-5-7-9-11-13-15-16-17-18-19-20-21-22-23-25-27-29-31-33-37(43)39(45)40-35(34-41)38(44)36(42)32-30-28-26-24-14-12-10-8-6-4-2/h35-38,41-44H,3-34H2,1-2H3,(H,40,45)/t35-,36-,37-,38+/m1/s1. The highest BCUT2D eigenvalue weighted by Crippen LogP contribution is 2.16. The first-order valence-electron chi connectivity index (χ1n) is 19.9. The van der Waals surface area contributed by atoms with Gasteiger partial charge in [-0.05, 0) is 12.8 Å². The Morgan fingerprint density at radius 1 is 0.467 bits per heavy atom. The van der Waals surface area contributed by atoms with Crippen LogP contribution in [0.15, 0.2) is 0 Å². The molecule has 6 heteroatoms. The first kappa shape index (κ1) is 44.3. The number of nitrogens with one attached hydrogen (secondary N) is 1. The van der Waals surface area contributed by atoms with Gasteiger partial charge in [-0.2, -0.15) is 0 Å². The van der Waals surface area contributed by atoms with Gasteiger partial charge in [0.15, 0.2) is 0 Å². The number of carbonyl (C=O) groups is 1. The second-order valence-electron chi connectivity index (χ2n) is 14.0. The van der Waals surface area contributed by atoms with Gasteiger partial charge in [0, 0.05) is 0 Å². The second kappa shape index (κ2) is 34.6. The van der Waals surface area contributed by atoms with Crippen molar-refractivity contribution in [2.45, 2.75) is 237 Å². The Morgan fingerprint density at radius 2 is 0.756 bits per heavy atom. The van der Waals surface area contributed by atoms with Crippen LogP contribution in [-0.2, 0) is 4.79 Å². The molecular formula is C39H79NO5. The number of aliphatic hydroxyl groups excluding tert-OH is 4. The minimum atomic E-state index is -1.25. The van der Waals surface area contributed by atoms with E-state index in [0.717, 1.165) is 38.5 Å². The molecular weight excluding hydrogens is 562 g/mol. The lowest BCUT2D eigenvalue weighted by Gasteiger charge is -2.27. The van der Waals surface area contributed by atoms with E-state index in [-0.39, 0.29) is 0 Å². The fourth-order valence-electron chi connectivity index (χ4n) is 6.34. The molecule has 0 aromatic rings. The summed E-state index contributed by atoms with van der Waals surface area (Å²) in [5, 5.41) is 43.4. The summed E-state index contributed by atoms with van der Waals surface area (Å²) in [7, 11) is 0. The van der Waals surface area contributed by atoms with Crippen molar-refractivity contribution >= 4 is 5.91 Å². The summed E-state index contributed by atoms with van der Waals surface area (Å²) in [4.78, 5) is 12.4. The summed E-state index contributed by atoms with van der Waals surface area (Å²) in [6.07, 6.45) is 34.2. The van der Waals surface area contributed by atoms with Gasteiger partial charge < -0.3 is 25.7 Å². The predicted octanol–water partition coefficient (Wildman–Crippen LogP) is 9.68. The minimum absolute atomic E-state index is 0.375. The van der Waals surface area contributed by atoms with Crippen molar-refractivity contribution in [3.63, 3.8) is 0 Å². The summed E-state index contributed by atoms with van der Waals surface area (Å²) in [5.74, 6) is -0.582. The number of hydrogen-bond acceptors (Lipinski definition) is 5. The molecule has 0 saturated heterocycles. The summed E-state index contributed by atoms with van der Waals surface area (Å²) in [6.45, 7) is 4.03. The molecule has 0 aliphatic carbocycles. The van der Waals surface area contributed by atoms with Crippen molar-refractivity contribution in [1.82, 2.24) is 5.32 Å². The van der Waals surface area contributed by atoms with E-state index < -0.39 is 36.9 Å². The Labute approximate surface area is 279 Å². The molecule has 0 fully saturated rings. The monoisotopic (exact) mass is 642 g/mol. The van der Waals surface area contributed by atoms with Crippen LogP contribution in [0, 0.1) is 0 Å². The van der Waals surface area contributed by atoms with Crippen LogP contribution in [0.4, 0.5) is 0 Å². The summed E-state index contributed by atoms with van der Waals surface area (Å²) in [5.41, 5.74) is 0. The molecule has 45 heavy (non-hydrogen) atoms. The molecule has 0 aromatic heterocycles. The molecule has 270 valence electrons. The molecule has 1 amide bonds. The summed E-state index contributed by atoms with van der Waals surface area (Å²) < 4.78 is 0. The van der Waals surface area contributed by atoms with E-state index >= 15 is 0 Å².